The van der Waals surface area contributed by atoms with Crippen molar-refractivity contribution in [3.63, 3.8) is 0 Å². The van der Waals surface area contributed by atoms with Crippen LogP contribution in [0.4, 0.5) is 0 Å². The zero-order chi connectivity index (χ0) is 15.8. The predicted octanol–water partition coefficient (Wildman–Crippen LogP) is 1.33. The van der Waals surface area contributed by atoms with Crippen LogP contribution in [0.2, 0.25) is 0 Å². The topological polar surface area (TPSA) is 68.8 Å². The van der Waals surface area contributed by atoms with Crippen molar-refractivity contribution in [1.29, 1.82) is 0 Å². The van der Waals surface area contributed by atoms with E-state index < -0.39 is 0 Å². The molecule has 0 aliphatic rings. The predicted molar refractivity (Wildman–Crippen MR) is 81.1 cm³/mol. The van der Waals surface area contributed by atoms with Gasteiger partial charge in [-0.3, -0.25) is 4.79 Å². The van der Waals surface area contributed by atoms with Crippen molar-refractivity contribution in [1.82, 2.24) is 10.6 Å². The Balaban J connectivity index is 2.71. The Kier molecular flexibility index (Phi) is 6.81. The van der Waals surface area contributed by atoms with Crippen LogP contribution in [0.15, 0.2) is 12.1 Å². The molecule has 1 amide bonds. The molecule has 0 heterocycles. The summed E-state index contributed by atoms with van der Waals surface area (Å²) in [7, 11) is 4.75. The van der Waals surface area contributed by atoms with Crippen molar-refractivity contribution >= 4 is 5.91 Å². The van der Waals surface area contributed by atoms with E-state index in [1.54, 1.807) is 27.4 Å². The summed E-state index contributed by atoms with van der Waals surface area (Å²) in [5.74, 6) is 1.88. The molecule has 118 valence electrons. The van der Waals surface area contributed by atoms with E-state index in [9.17, 15) is 4.79 Å². The molecule has 0 atom stereocenters. The first kappa shape index (κ1) is 17.1. The summed E-state index contributed by atoms with van der Waals surface area (Å²) in [4.78, 5) is 11.6. The molecule has 6 nitrogen and oxygen atoms in total. The number of carbonyl (C=O) groups excluding carboxylic acids is 1. The first-order valence-electron chi connectivity index (χ1n) is 6.80. The summed E-state index contributed by atoms with van der Waals surface area (Å²) >= 11 is 0. The maximum atomic E-state index is 11.6. The molecule has 0 saturated carbocycles. The fourth-order valence-corrected chi connectivity index (χ4v) is 1.91. The highest BCUT2D eigenvalue weighted by Crippen LogP contribution is 2.34. The smallest absolute Gasteiger partial charge is 0.234 e. The van der Waals surface area contributed by atoms with Crippen LogP contribution in [0.3, 0.4) is 0 Å². The molecule has 1 aromatic rings. The Labute approximate surface area is 125 Å². The molecule has 21 heavy (non-hydrogen) atoms. The number of hydrogen-bond acceptors (Lipinski definition) is 5. The highest BCUT2D eigenvalue weighted by molar-refractivity contribution is 5.78. The highest BCUT2D eigenvalue weighted by atomic mass is 16.5. The lowest BCUT2D eigenvalue weighted by molar-refractivity contribution is -0.120. The number of hydrogen-bond donors (Lipinski definition) is 2. The second-order valence-electron chi connectivity index (χ2n) is 4.84. The summed E-state index contributed by atoms with van der Waals surface area (Å²) in [6, 6.07) is 3.74. The molecule has 0 fully saturated rings. The van der Waals surface area contributed by atoms with Crippen molar-refractivity contribution in [2.24, 2.45) is 0 Å². The van der Waals surface area contributed by atoms with Crippen molar-refractivity contribution in [2.45, 2.75) is 26.4 Å². The molecule has 0 bridgehead atoms. The zero-order valence-electron chi connectivity index (χ0n) is 13.3. The van der Waals surface area contributed by atoms with Crippen molar-refractivity contribution in [2.75, 3.05) is 27.9 Å². The van der Waals surface area contributed by atoms with Crippen molar-refractivity contribution in [3.05, 3.63) is 17.7 Å². The maximum absolute atomic E-state index is 11.6. The standard InChI is InChI=1S/C15H24N2O4/c1-10(2)17-15(18)9-16-8-11-6-13(20-4)14(21-5)7-12(11)19-3/h6-7,10,16H,8-9H2,1-5H3,(H,17,18). The quantitative estimate of drug-likeness (QED) is 0.757. The van der Waals surface area contributed by atoms with Gasteiger partial charge in [-0.25, -0.2) is 0 Å². The number of carbonyl (C=O) groups is 1. The average Bonchev–Trinajstić information content (AvgIpc) is 2.45. The van der Waals surface area contributed by atoms with Crippen LogP contribution in [0, 0.1) is 0 Å². The molecule has 0 saturated heterocycles. The SMILES string of the molecule is COc1cc(OC)c(OC)cc1CNCC(=O)NC(C)C. The monoisotopic (exact) mass is 296 g/mol. The Morgan fingerprint density at radius 2 is 1.62 bits per heavy atom. The molecule has 0 radical (unpaired) electrons. The van der Waals surface area contributed by atoms with Crippen LogP contribution in [0.1, 0.15) is 19.4 Å². The average molecular weight is 296 g/mol. The first-order chi connectivity index (χ1) is 10.0. The molecular formula is C15H24N2O4. The van der Waals surface area contributed by atoms with Gasteiger partial charge in [-0.1, -0.05) is 0 Å². The molecule has 0 spiro atoms. The van der Waals surface area contributed by atoms with Gasteiger partial charge in [0.2, 0.25) is 5.91 Å². The fraction of sp³-hybridized carbons (Fsp3) is 0.533. The molecule has 1 aromatic carbocycles. The normalized spacial score (nSPS) is 10.4. The third-order valence-electron chi connectivity index (χ3n) is 2.84. The number of ether oxygens (including phenoxy) is 3. The Hall–Kier alpha value is -1.95. The molecule has 0 aliphatic carbocycles. The van der Waals surface area contributed by atoms with Gasteiger partial charge in [0.1, 0.15) is 5.75 Å². The maximum Gasteiger partial charge on any atom is 0.234 e. The minimum absolute atomic E-state index is 0.0376. The Morgan fingerprint density at radius 1 is 1.05 bits per heavy atom. The van der Waals surface area contributed by atoms with Crippen LogP contribution in [-0.4, -0.2) is 39.8 Å². The van der Waals surface area contributed by atoms with E-state index in [1.165, 1.54) is 0 Å². The fourth-order valence-electron chi connectivity index (χ4n) is 1.91. The molecule has 0 unspecified atom stereocenters. The molecule has 6 heteroatoms. The lowest BCUT2D eigenvalue weighted by atomic mass is 10.1. The molecular weight excluding hydrogens is 272 g/mol. The van der Waals surface area contributed by atoms with E-state index in [-0.39, 0.29) is 18.5 Å². The second kappa shape index (κ2) is 8.36. The summed E-state index contributed by atoms with van der Waals surface area (Å²) in [6.07, 6.45) is 0. The van der Waals surface area contributed by atoms with Gasteiger partial charge in [-0.2, -0.15) is 0 Å². The second-order valence-corrected chi connectivity index (χ2v) is 4.84. The van der Waals surface area contributed by atoms with Gasteiger partial charge in [0.15, 0.2) is 11.5 Å². The van der Waals surface area contributed by atoms with E-state index in [0.29, 0.717) is 23.8 Å². The number of rotatable bonds is 8. The Bertz CT molecular complexity index is 475. The number of benzene rings is 1. The molecule has 0 aliphatic heterocycles. The Morgan fingerprint density at radius 3 is 2.14 bits per heavy atom. The summed E-state index contributed by atoms with van der Waals surface area (Å²) < 4.78 is 15.8. The highest BCUT2D eigenvalue weighted by Gasteiger charge is 2.12. The first-order valence-corrected chi connectivity index (χ1v) is 6.80. The molecule has 2 N–H and O–H groups in total. The summed E-state index contributed by atoms with van der Waals surface area (Å²) in [5.41, 5.74) is 0.896. The van der Waals surface area contributed by atoms with Gasteiger partial charge >= 0.3 is 0 Å². The number of nitrogens with one attached hydrogen (secondary N) is 2. The van der Waals surface area contributed by atoms with E-state index >= 15 is 0 Å². The zero-order valence-corrected chi connectivity index (χ0v) is 13.3. The van der Waals surface area contributed by atoms with E-state index in [0.717, 1.165) is 5.56 Å². The van der Waals surface area contributed by atoms with Crippen molar-refractivity contribution in [3.8, 4) is 17.2 Å². The van der Waals surface area contributed by atoms with Crippen LogP contribution >= 0.6 is 0 Å². The summed E-state index contributed by atoms with van der Waals surface area (Å²) in [5, 5.41) is 5.90. The number of methoxy groups -OCH3 is 3. The minimum Gasteiger partial charge on any atom is -0.496 e. The molecule has 1 rings (SSSR count). The molecule has 0 aromatic heterocycles. The minimum atomic E-state index is -0.0376. The van der Waals surface area contributed by atoms with Gasteiger partial charge < -0.3 is 24.8 Å². The van der Waals surface area contributed by atoms with E-state index in [2.05, 4.69) is 10.6 Å². The third kappa shape index (κ3) is 5.15. The van der Waals surface area contributed by atoms with Gasteiger partial charge in [-0.05, 0) is 19.9 Å². The lowest BCUT2D eigenvalue weighted by Gasteiger charge is -2.15. The van der Waals surface area contributed by atoms with Crippen LogP contribution < -0.4 is 24.8 Å². The number of amides is 1. The van der Waals surface area contributed by atoms with Gasteiger partial charge in [-0.15, -0.1) is 0 Å². The van der Waals surface area contributed by atoms with E-state index in [1.807, 2.05) is 19.9 Å². The van der Waals surface area contributed by atoms with Crippen molar-refractivity contribution < 1.29 is 19.0 Å². The third-order valence-corrected chi connectivity index (χ3v) is 2.84. The van der Waals surface area contributed by atoms with Gasteiger partial charge in [0, 0.05) is 24.2 Å². The summed E-state index contributed by atoms with van der Waals surface area (Å²) in [6.45, 7) is 4.59. The van der Waals surface area contributed by atoms with Crippen LogP contribution in [0.25, 0.3) is 0 Å². The van der Waals surface area contributed by atoms with Crippen LogP contribution in [-0.2, 0) is 11.3 Å². The van der Waals surface area contributed by atoms with E-state index in [4.69, 9.17) is 14.2 Å². The van der Waals surface area contributed by atoms with Gasteiger partial charge in [0.25, 0.3) is 0 Å². The largest absolute Gasteiger partial charge is 0.496 e. The lowest BCUT2D eigenvalue weighted by Crippen LogP contribution is -2.37. The van der Waals surface area contributed by atoms with Gasteiger partial charge in [0.05, 0.1) is 27.9 Å². The van der Waals surface area contributed by atoms with Crippen LogP contribution in [0.5, 0.6) is 17.2 Å².